The molecular formula is C14H17NO3S. The quantitative estimate of drug-likeness (QED) is 0.864. The molecule has 0 radical (unpaired) electrons. The highest BCUT2D eigenvalue weighted by molar-refractivity contribution is 7.98. The van der Waals surface area contributed by atoms with E-state index in [2.05, 4.69) is 0 Å². The fraction of sp³-hybridized carbons (Fsp3) is 0.429. The zero-order valence-electron chi connectivity index (χ0n) is 11.0. The summed E-state index contributed by atoms with van der Waals surface area (Å²) in [5.74, 6) is -1.12. The Morgan fingerprint density at radius 1 is 1.37 bits per heavy atom. The average molecular weight is 279 g/mol. The van der Waals surface area contributed by atoms with Crippen LogP contribution in [-0.2, 0) is 4.79 Å². The Morgan fingerprint density at radius 3 is 2.68 bits per heavy atom. The smallest absolute Gasteiger partial charge is 0.329 e. The van der Waals surface area contributed by atoms with Gasteiger partial charge in [0.25, 0.3) is 5.91 Å². The number of carboxylic acid groups (broad SMARTS) is 1. The highest BCUT2D eigenvalue weighted by atomic mass is 32.2. The van der Waals surface area contributed by atoms with Crippen LogP contribution in [0.4, 0.5) is 0 Å². The van der Waals surface area contributed by atoms with Crippen molar-refractivity contribution in [3.63, 3.8) is 0 Å². The summed E-state index contributed by atoms with van der Waals surface area (Å²) in [4.78, 5) is 26.4. The van der Waals surface area contributed by atoms with Crippen molar-refractivity contribution < 1.29 is 14.7 Å². The van der Waals surface area contributed by atoms with E-state index in [4.69, 9.17) is 0 Å². The fourth-order valence-electron chi connectivity index (χ4n) is 2.48. The second-order valence-electron chi connectivity index (χ2n) is 4.84. The minimum atomic E-state index is -1.08. The summed E-state index contributed by atoms with van der Waals surface area (Å²) < 4.78 is 0. The van der Waals surface area contributed by atoms with Crippen molar-refractivity contribution in [1.29, 1.82) is 0 Å². The summed E-state index contributed by atoms with van der Waals surface area (Å²) in [6.07, 6.45) is 3.15. The highest BCUT2D eigenvalue weighted by Gasteiger charge is 2.46. The number of likely N-dealkylation sites (tertiary alicyclic amines) is 1. The second-order valence-corrected chi connectivity index (χ2v) is 5.69. The third-order valence-electron chi connectivity index (χ3n) is 3.68. The van der Waals surface area contributed by atoms with Crippen LogP contribution in [0.15, 0.2) is 29.2 Å². The van der Waals surface area contributed by atoms with E-state index in [9.17, 15) is 14.7 Å². The first-order chi connectivity index (χ1) is 9.00. The lowest BCUT2D eigenvalue weighted by Gasteiger charge is -2.31. The Morgan fingerprint density at radius 2 is 2.05 bits per heavy atom. The molecule has 1 amide bonds. The summed E-state index contributed by atoms with van der Waals surface area (Å²) in [5.41, 5.74) is -0.493. The first-order valence-corrected chi connectivity index (χ1v) is 7.41. The molecule has 1 saturated heterocycles. The molecule has 0 aliphatic carbocycles. The topological polar surface area (TPSA) is 57.6 Å². The predicted octanol–water partition coefficient (Wildman–Crippen LogP) is 2.49. The minimum absolute atomic E-state index is 0.188. The predicted molar refractivity (Wildman–Crippen MR) is 74.5 cm³/mol. The maximum absolute atomic E-state index is 12.6. The van der Waals surface area contributed by atoms with Gasteiger partial charge in [-0.2, -0.15) is 0 Å². The van der Waals surface area contributed by atoms with Crippen molar-refractivity contribution in [2.75, 3.05) is 12.8 Å². The number of thioether (sulfide) groups is 1. The van der Waals surface area contributed by atoms with Crippen LogP contribution in [0.1, 0.15) is 30.1 Å². The number of carbonyl (C=O) groups excluding carboxylic acids is 1. The minimum Gasteiger partial charge on any atom is -0.480 e. The van der Waals surface area contributed by atoms with E-state index >= 15 is 0 Å². The fourth-order valence-corrected chi connectivity index (χ4v) is 3.07. The molecule has 0 aromatic heterocycles. The number of aliphatic carboxylic acids is 1. The number of nitrogens with zero attached hydrogens (tertiary/aromatic N) is 1. The molecule has 0 saturated carbocycles. The van der Waals surface area contributed by atoms with Gasteiger partial charge in [-0.25, -0.2) is 4.79 Å². The maximum Gasteiger partial charge on any atom is 0.329 e. The van der Waals surface area contributed by atoms with E-state index in [0.717, 1.165) is 11.3 Å². The summed E-state index contributed by atoms with van der Waals surface area (Å²) >= 11 is 1.50. The molecule has 4 nitrogen and oxygen atoms in total. The number of carbonyl (C=O) groups is 2. The van der Waals surface area contributed by atoms with Crippen LogP contribution in [0.3, 0.4) is 0 Å². The summed E-state index contributed by atoms with van der Waals surface area (Å²) in [6, 6.07) is 7.32. The van der Waals surface area contributed by atoms with Gasteiger partial charge in [0, 0.05) is 11.4 Å². The van der Waals surface area contributed by atoms with E-state index in [-0.39, 0.29) is 5.91 Å². The number of hydrogen-bond donors (Lipinski definition) is 1. The van der Waals surface area contributed by atoms with Crippen LogP contribution in [-0.4, -0.2) is 40.2 Å². The second kappa shape index (κ2) is 5.25. The molecule has 2 rings (SSSR count). The lowest BCUT2D eigenvalue weighted by Crippen LogP contribution is -2.50. The normalized spacial score (nSPS) is 22.5. The molecule has 0 spiro atoms. The first kappa shape index (κ1) is 13.9. The molecule has 1 aliphatic rings. The molecule has 5 heteroatoms. The monoisotopic (exact) mass is 279 g/mol. The van der Waals surface area contributed by atoms with Gasteiger partial charge in [-0.1, -0.05) is 12.1 Å². The molecule has 1 aromatic carbocycles. The Labute approximate surface area is 116 Å². The van der Waals surface area contributed by atoms with Crippen molar-refractivity contribution >= 4 is 23.6 Å². The third kappa shape index (κ3) is 2.34. The number of amides is 1. The van der Waals surface area contributed by atoms with Crippen molar-refractivity contribution in [3.05, 3.63) is 29.8 Å². The van der Waals surface area contributed by atoms with Gasteiger partial charge in [-0.3, -0.25) is 4.79 Å². The molecular weight excluding hydrogens is 262 g/mol. The lowest BCUT2D eigenvalue weighted by atomic mass is 9.98. The van der Waals surface area contributed by atoms with Gasteiger partial charge in [0.2, 0.25) is 0 Å². The summed E-state index contributed by atoms with van der Waals surface area (Å²) in [7, 11) is 0. The number of hydrogen-bond acceptors (Lipinski definition) is 3. The molecule has 1 heterocycles. The van der Waals surface area contributed by atoms with Crippen molar-refractivity contribution in [3.8, 4) is 0 Å². The van der Waals surface area contributed by atoms with Crippen LogP contribution < -0.4 is 0 Å². The van der Waals surface area contributed by atoms with Gasteiger partial charge < -0.3 is 10.0 Å². The number of carboxylic acids is 1. The number of rotatable bonds is 3. The highest BCUT2D eigenvalue weighted by Crippen LogP contribution is 2.32. The van der Waals surface area contributed by atoms with E-state index in [1.807, 2.05) is 18.4 Å². The van der Waals surface area contributed by atoms with Crippen molar-refractivity contribution in [2.45, 2.75) is 30.2 Å². The molecule has 1 aliphatic heterocycles. The standard InChI is InChI=1S/C14H17NO3S/c1-14(13(17)18)8-5-9-15(14)12(16)10-6-3-4-7-11(10)19-2/h3-4,6-7H,5,8-9H2,1-2H3,(H,17,18). The first-order valence-electron chi connectivity index (χ1n) is 6.19. The average Bonchev–Trinajstić information content (AvgIpc) is 2.81. The van der Waals surface area contributed by atoms with Gasteiger partial charge in [-0.05, 0) is 38.2 Å². The molecule has 1 N–H and O–H groups in total. The Hall–Kier alpha value is -1.49. The SMILES string of the molecule is CSc1ccccc1C(=O)N1CCCC1(C)C(=O)O. The summed E-state index contributed by atoms with van der Waals surface area (Å²) in [6.45, 7) is 2.13. The largest absolute Gasteiger partial charge is 0.480 e. The molecule has 19 heavy (non-hydrogen) atoms. The van der Waals surface area contributed by atoms with Crippen molar-refractivity contribution in [2.24, 2.45) is 0 Å². The molecule has 0 bridgehead atoms. The van der Waals surface area contributed by atoms with Gasteiger partial charge >= 0.3 is 5.97 Å². The van der Waals surface area contributed by atoms with Gasteiger partial charge in [0.15, 0.2) is 0 Å². The Bertz CT molecular complexity index is 517. The molecule has 1 fully saturated rings. The molecule has 1 atom stereocenters. The molecule has 102 valence electrons. The van der Waals surface area contributed by atoms with E-state index < -0.39 is 11.5 Å². The van der Waals surface area contributed by atoms with Gasteiger partial charge in [-0.15, -0.1) is 11.8 Å². The van der Waals surface area contributed by atoms with Crippen LogP contribution in [0.25, 0.3) is 0 Å². The Balaban J connectivity index is 2.36. The van der Waals surface area contributed by atoms with E-state index in [1.165, 1.54) is 16.7 Å². The zero-order chi connectivity index (χ0) is 14.0. The van der Waals surface area contributed by atoms with Crippen molar-refractivity contribution in [1.82, 2.24) is 4.90 Å². The van der Waals surface area contributed by atoms with E-state index in [1.54, 1.807) is 19.1 Å². The van der Waals surface area contributed by atoms with Crippen LogP contribution in [0, 0.1) is 0 Å². The van der Waals surface area contributed by atoms with Crippen LogP contribution in [0.5, 0.6) is 0 Å². The molecule has 1 aromatic rings. The van der Waals surface area contributed by atoms with Gasteiger partial charge in [0.1, 0.15) is 5.54 Å². The summed E-state index contributed by atoms with van der Waals surface area (Å²) in [5, 5.41) is 9.37. The van der Waals surface area contributed by atoms with E-state index in [0.29, 0.717) is 18.5 Å². The van der Waals surface area contributed by atoms with Gasteiger partial charge in [0.05, 0.1) is 5.56 Å². The van der Waals surface area contributed by atoms with Crippen LogP contribution in [0.2, 0.25) is 0 Å². The molecule has 1 unspecified atom stereocenters. The maximum atomic E-state index is 12.6. The third-order valence-corrected chi connectivity index (χ3v) is 4.48. The van der Waals surface area contributed by atoms with Crippen LogP contribution >= 0.6 is 11.8 Å². The number of benzene rings is 1. The zero-order valence-corrected chi connectivity index (χ0v) is 11.9. The lowest BCUT2D eigenvalue weighted by molar-refractivity contribution is -0.147. The Kier molecular flexibility index (Phi) is 3.85.